The molecule has 2 atom stereocenters. The van der Waals surface area contributed by atoms with Crippen LogP contribution in [0.2, 0.25) is 0 Å². The number of rotatable bonds is 8. The van der Waals surface area contributed by atoms with Crippen LogP contribution in [0.1, 0.15) is 77.5 Å². The second-order valence-corrected chi connectivity index (χ2v) is 7.79. The molecule has 0 aromatic heterocycles. The van der Waals surface area contributed by atoms with Crippen molar-refractivity contribution in [1.82, 2.24) is 5.32 Å². The number of aryl methyl sites for hydroxylation is 1. The second kappa shape index (κ2) is 8.58. The van der Waals surface area contributed by atoms with Gasteiger partial charge in [0.25, 0.3) is 0 Å². The van der Waals surface area contributed by atoms with Crippen LogP contribution in [0.4, 0.5) is 0 Å². The van der Waals surface area contributed by atoms with Gasteiger partial charge in [0.1, 0.15) is 0 Å². The Morgan fingerprint density at radius 1 is 1.10 bits per heavy atom. The van der Waals surface area contributed by atoms with Gasteiger partial charge in [-0.3, -0.25) is 0 Å². The van der Waals surface area contributed by atoms with Crippen LogP contribution in [0, 0.1) is 11.3 Å². The average Bonchev–Trinajstić information content (AvgIpc) is 2.41. The molecule has 0 saturated heterocycles. The molecule has 0 aliphatic rings. The first kappa shape index (κ1) is 18.2. The maximum absolute atomic E-state index is 3.50. The second-order valence-electron chi connectivity index (χ2n) is 7.79. The Kier molecular flexibility index (Phi) is 7.45. The van der Waals surface area contributed by atoms with Gasteiger partial charge in [-0.25, -0.2) is 0 Å². The van der Waals surface area contributed by atoms with Gasteiger partial charge in [0, 0.05) is 6.04 Å². The van der Waals surface area contributed by atoms with E-state index in [1.807, 2.05) is 0 Å². The summed E-state index contributed by atoms with van der Waals surface area (Å²) in [4.78, 5) is 0. The molecule has 0 radical (unpaired) electrons. The lowest BCUT2D eigenvalue weighted by atomic mass is 9.82. The van der Waals surface area contributed by atoms with E-state index in [4.69, 9.17) is 0 Å². The molecule has 2 unspecified atom stereocenters. The lowest BCUT2D eigenvalue weighted by molar-refractivity contribution is 0.279. The Labute approximate surface area is 132 Å². The fraction of sp³-hybridized carbons (Fsp3) is 0.700. The first-order chi connectivity index (χ1) is 9.85. The average molecular weight is 290 g/mol. The first-order valence-corrected chi connectivity index (χ1v) is 8.62. The van der Waals surface area contributed by atoms with Crippen molar-refractivity contribution in [3.63, 3.8) is 0 Å². The summed E-state index contributed by atoms with van der Waals surface area (Å²) in [7, 11) is 2.08. The smallest absolute Gasteiger partial charge is 0.0320 e. The largest absolute Gasteiger partial charge is 0.313 e. The van der Waals surface area contributed by atoms with Crippen molar-refractivity contribution >= 4 is 0 Å². The zero-order chi connectivity index (χ0) is 15.9. The number of benzene rings is 1. The molecule has 0 aliphatic carbocycles. The highest BCUT2D eigenvalue weighted by molar-refractivity contribution is 5.25. The zero-order valence-corrected chi connectivity index (χ0v) is 15.0. The zero-order valence-electron chi connectivity index (χ0n) is 15.0. The van der Waals surface area contributed by atoms with Crippen LogP contribution in [0.3, 0.4) is 0 Å². The van der Waals surface area contributed by atoms with Gasteiger partial charge in [0.15, 0.2) is 0 Å². The highest BCUT2D eigenvalue weighted by Gasteiger charge is 2.19. The van der Waals surface area contributed by atoms with Gasteiger partial charge < -0.3 is 5.32 Å². The van der Waals surface area contributed by atoms with Gasteiger partial charge in [-0.1, -0.05) is 65.3 Å². The van der Waals surface area contributed by atoms with Gasteiger partial charge in [0.2, 0.25) is 0 Å². The summed E-state index contributed by atoms with van der Waals surface area (Å²) in [6.07, 6.45) is 6.26. The van der Waals surface area contributed by atoms with Crippen LogP contribution >= 0.6 is 0 Å². The van der Waals surface area contributed by atoms with Crippen LogP contribution in [0.15, 0.2) is 24.3 Å². The molecule has 1 heteroatoms. The van der Waals surface area contributed by atoms with Crippen molar-refractivity contribution < 1.29 is 0 Å². The number of nitrogens with one attached hydrogen (secondary N) is 1. The molecular weight excluding hydrogens is 254 g/mol. The van der Waals surface area contributed by atoms with E-state index in [0.717, 1.165) is 5.92 Å². The van der Waals surface area contributed by atoms with Crippen molar-refractivity contribution in [2.45, 2.75) is 72.8 Å². The molecule has 1 N–H and O–H groups in total. The fourth-order valence-electron chi connectivity index (χ4n) is 3.25. The highest BCUT2D eigenvalue weighted by atomic mass is 14.9. The van der Waals surface area contributed by atoms with E-state index in [9.17, 15) is 0 Å². The predicted octanol–water partition coefficient (Wildman–Crippen LogP) is 5.75. The summed E-state index contributed by atoms with van der Waals surface area (Å²) in [5, 5.41) is 3.50. The topological polar surface area (TPSA) is 12.0 Å². The summed E-state index contributed by atoms with van der Waals surface area (Å²) in [5.74, 6) is 0.738. The van der Waals surface area contributed by atoms with Gasteiger partial charge in [-0.2, -0.15) is 0 Å². The van der Waals surface area contributed by atoms with E-state index in [2.05, 4.69) is 71.2 Å². The Morgan fingerprint density at radius 2 is 1.71 bits per heavy atom. The molecule has 0 heterocycles. The quantitative estimate of drug-likeness (QED) is 0.642. The lowest BCUT2D eigenvalue weighted by Gasteiger charge is -2.27. The molecule has 0 amide bonds. The maximum atomic E-state index is 3.50. The molecule has 1 aromatic carbocycles. The van der Waals surface area contributed by atoms with Crippen molar-refractivity contribution in [3.05, 3.63) is 35.4 Å². The monoisotopic (exact) mass is 289 g/mol. The minimum atomic E-state index is 0.418. The Balaban J connectivity index is 2.63. The summed E-state index contributed by atoms with van der Waals surface area (Å²) < 4.78 is 0. The minimum absolute atomic E-state index is 0.418. The van der Waals surface area contributed by atoms with E-state index in [0.29, 0.717) is 11.5 Å². The molecule has 0 aliphatic heterocycles. The van der Waals surface area contributed by atoms with Crippen LogP contribution < -0.4 is 5.32 Å². The molecule has 0 spiro atoms. The van der Waals surface area contributed by atoms with E-state index in [-0.39, 0.29) is 0 Å². The molecule has 1 rings (SSSR count). The normalized spacial score (nSPS) is 15.0. The summed E-state index contributed by atoms with van der Waals surface area (Å²) in [6, 6.07) is 9.72. The van der Waals surface area contributed by atoms with E-state index >= 15 is 0 Å². The molecule has 0 saturated carbocycles. The number of hydrogen-bond acceptors (Lipinski definition) is 1. The Morgan fingerprint density at radius 3 is 2.19 bits per heavy atom. The molecule has 1 nitrogen and oxygen atoms in total. The molecule has 21 heavy (non-hydrogen) atoms. The van der Waals surface area contributed by atoms with Crippen molar-refractivity contribution in [2.24, 2.45) is 11.3 Å². The van der Waals surface area contributed by atoms with Crippen LogP contribution in [-0.4, -0.2) is 7.05 Å². The van der Waals surface area contributed by atoms with E-state index in [1.165, 1.54) is 43.2 Å². The fourth-order valence-corrected chi connectivity index (χ4v) is 3.25. The maximum Gasteiger partial charge on any atom is 0.0320 e. The molecule has 0 fully saturated rings. The summed E-state index contributed by atoms with van der Waals surface area (Å²) in [5.41, 5.74) is 3.32. The molecule has 1 aromatic rings. The molecule has 120 valence electrons. The number of unbranched alkanes of at least 4 members (excludes halogenated alkanes) is 1. The minimum Gasteiger partial charge on any atom is -0.313 e. The first-order valence-electron chi connectivity index (χ1n) is 8.62. The Bertz CT molecular complexity index is 385. The van der Waals surface area contributed by atoms with Crippen molar-refractivity contribution in [1.29, 1.82) is 0 Å². The van der Waals surface area contributed by atoms with Gasteiger partial charge in [-0.05, 0) is 55.2 Å². The molecule has 0 bridgehead atoms. The van der Waals surface area contributed by atoms with Crippen LogP contribution in [0.5, 0.6) is 0 Å². The SMILES string of the molecule is CCCCc1ccc(C(CC(C)CC(C)(C)C)NC)cc1. The standard InChI is InChI=1S/C20H35N/c1-7-8-9-17-10-12-18(13-11-17)19(21-6)14-16(2)15-20(3,4)5/h10-13,16,19,21H,7-9,14-15H2,1-6H3. The third-order valence-electron chi connectivity index (χ3n) is 4.15. The Hall–Kier alpha value is -0.820. The van der Waals surface area contributed by atoms with Crippen molar-refractivity contribution in [2.75, 3.05) is 7.05 Å². The van der Waals surface area contributed by atoms with Crippen LogP contribution in [0.25, 0.3) is 0 Å². The summed E-state index contributed by atoms with van der Waals surface area (Å²) >= 11 is 0. The van der Waals surface area contributed by atoms with Crippen molar-refractivity contribution in [3.8, 4) is 0 Å². The lowest BCUT2D eigenvalue weighted by Crippen LogP contribution is -2.21. The number of hydrogen-bond donors (Lipinski definition) is 1. The van der Waals surface area contributed by atoms with Gasteiger partial charge in [0.05, 0.1) is 0 Å². The third kappa shape index (κ3) is 7.13. The summed E-state index contributed by atoms with van der Waals surface area (Å²) in [6.45, 7) is 11.6. The van der Waals surface area contributed by atoms with Crippen LogP contribution in [-0.2, 0) is 6.42 Å². The van der Waals surface area contributed by atoms with Gasteiger partial charge in [-0.15, -0.1) is 0 Å². The predicted molar refractivity (Wildman–Crippen MR) is 94.7 cm³/mol. The third-order valence-corrected chi connectivity index (χ3v) is 4.15. The van der Waals surface area contributed by atoms with E-state index < -0.39 is 0 Å². The molecular formula is C20H35N. The highest BCUT2D eigenvalue weighted by Crippen LogP contribution is 2.30. The van der Waals surface area contributed by atoms with Gasteiger partial charge >= 0.3 is 0 Å². The van der Waals surface area contributed by atoms with E-state index in [1.54, 1.807) is 0 Å².